The Morgan fingerprint density at radius 1 is 1.15 bits per heavy atom. The molecule has 0 bridgehead atoms. The smallest absolute Gasteiger partial charge is 0.262 e. The molecule has 0 spiro atoms. The van der Waals surface area contributed by atoms with Crippen molar-refractivity contribution < 1.29 is 9.53 Å². The van der Waals surface area contributed by atoms with Gasteiger partial charge in [-0.05, 0) is 70.0 Å². The van der Waals surface area contributed by atoms with Gasteiger partial charge in [0.2, 0.25) is 0 Å². The lowest BCUT2D eigenvalue weighted by Gasteiger charge is -2.10. The van der Waals surface area contributed by atoms with Crippen LogP contribution in [0.2, 0.25) is 10.0 Å². The molecule has 0 atom stereocenters. The minimum Gasteiger partial charge on any atom is -0.483 e. The second-order valence-corrected chi connectivity index (χ2v) is 9.51. The molecule has 164 valence electrons. The first-order valence-corrected chi connectivity index (χ1v) is 11.9. The summed E-state index contributed by atoms with van der Waals surface area (Å²) in [5.41, 5.74) is 2.65. The number of para-hydroxylation sites is 1. The van der Waals surface area contributed by atoms with Crippen molar-refractivity contribution in [3.63, 3.8) is 0 Å². The molecule has 0 saturated heterocycles. The summed E-state index contributed by atoms with van der Waals surface area (Å²) in [6.45, 7) is -0.191. The summed E-state index contributed by atoms with van der Waals surface area (Å²) < 4.78 is 7.30. The van der Waals surface area contributed by atoms with Gasteiger partial charge in [-0.25, -0.2) is 4.98 Å². The molecule has 5 nitrogen and oxygen atoms in total. The van der Waals surface area contributed by atoms with Crippen LogP contribution in [0, 0.1) is 11.3 Å². The predicted octanol–water partition coefficient (Wildman–Crippen LogP) is 7.45. The van der Waals surface area contributed by atoms with E-state index in [0.29, 0.717) is 36.5 Å². The number of carbonyl (C=O) groups is 1. The van der Waals surface area contributed by atoms with E-state index in [0.717, 1.165) is 15.8 Å². The molecule has 1 N–H and O–H groups in total. The maximum absolute atomic E-state index is 12.2. The van der Waals surface area contributed by atoms with Crippen LogP contribution in [0.1, 0.15) is 10.6 Å². The Kier molecular flexibility index (Phi) is 7.31. The van der Waals surface area contributed by atoms with Crippen LogP contribution in [0.3, 0.4) is 0 Å². The van der Waals surface area contributed by atoms with Gasteiger partial charge in [-0.3, -0.25) is 4.79 Å². The number of hydrogen-bond donors (Lipinski definition) is 1. The minimum absolute atomic E-state index is 0.191. The van der Waals surface area contributed by atoms with Crippen molar-refractivity contribution in [2.75, 3.05) is 11.9 Å². The molecule has 0 radical (unpaired) electrons. The number of nitrogens with one attached hydrogen (secondary N) is 1. The van der Waals surface area contributed by atoms with Crippen molar-refractivity contribution in [1.82, 2.24) is 4.98 Å². The molecule has 4 aromatic rings. The van der Waals surface area contributed by atoms with Crippen LogP contribution in [0.4, 0.5) is 5.69 Å². The van der Waals surface area contributed by atoms with E-state index in [1.54, 1.807) is 30.3 Å². The first-order chi connectivity index (χ1) is 15.9. The van der Waals surface area contributed by atoms with E-state index >= 15 is 0 Å². The van der Waals surface area contributed by atoms with Crippen LogP contribution in [0.15, 0.2) is 65.1 Å². The Morgan fingerprint density at radius 2 is 1.97 bits per heavy atom. The highest BCUT2D eigenvalue weighted by Crippen LogP contribution is 2.31. The lowest BCUT2D eigenvalue weighted by atomic mass is 10.1. The van der Waals surface area contributed by atoms with Crippen LogP contribution in [-0.4, -0.2) is 17.5 Å². The number of ether oxygens (including phenoxy) is 1. The normalized spacial score (nSPS) is 11.3. The molecule has 0 fully saturated rings. The van der Waals surface area contributed by atoms with E-state index in [1.165, 1.54) is 11.3 Å². The van der Waals surface area contributed by atoms with Crippen LogP contribution in [0.5, 0.6) is 5.75 Å². The van der Waals surface area contributed by atoms with Crippen molar-refractivity contribution >= 4 is 83.9 Å². The third-order valence-corrected chi connectivity index (χ3v) is 6.90. The fraction of sp³-hybridized carbons (Fsp3) is 0.0417. The standard InChI is InChI=1S/C24H14BrCl2N3O2S/c25-17-10-14(9-15(12-28)24-30-20-3-1-2-4-22(20)33-24)5-8-21(17)32-13-23(31)29-16-6-7-18(26)19(27)11-16/h1-11H,13H2,(H,29,31)/b15-9+. The Balaban J connectivity index is 1.44. The number of halogens is 3. The zero-order valence-electron chi connectivity index (χ0n) is 16.8. The van der Waals surface area contributed by atoms with E-state index in [1.807, 2.05) is 36.4 Å². The fourth-order valence-electron chi connectivity index (χ4n) is 2.93. The predicted molar refractivity (Wildman–Crippen MR) is 138 cm³/mol. The van der Waals surface area contributed by atoms with Gasteiger partial charge in [-0.15, -0.1) is 11.3 Å². The number of carbonyl (C=O) groups excluding carboxylic acids is 1. The van der Waals surface area contributed by atoms with Gasteiger partial charge in [-0.1, -0.05) is 41.4 Å². The molecular weight excluding hydrogens is 545 g/mol. The molecule has 33 heavy (non-hydrogen) atoms. The molecular formula is C24H14BrCl2N3O2S. The Hall–Kier alpha value is -2.89. The topological polar surface area (TPSA) is 75.0 Å². The van der Waals surface area contributed by atoms with Crippen LogP contribution in [0.25, 0.3) is 21.9 Å². The minimum atomic E-state index is -0.341. The number of nitriles is 1. The van der Waals surface area contributed by atoms with Crippen molar-refractivity contribution in [1.29, 1.82) is 5.26 Å². The summed E-state index contributed by atoms with van der Waals surface area (Å²) in [6, 6.07) is 20.2. The Bertz CT molecular complexity index is 1400. The zero-order valence-corrected chi connectivity index (χ0v) is 20.7. The number of benzene rings is 3. The van der Waals surface area contributed by atoms with Crippen molar-refractivity contribution in [2.45, 2.75) is 0 Å². The Morgan fingerprint density at radius 3 is 2.70 bits per heavy atom. The number of aromatic nitrogens is 1. The molecule has 0 aliphatic heterocycles. The summed E-state index contributed by atoms with van der Waals surface area (Å²) in [4.78, 5) is 16.7. The van der Waals surface area contributed by atoms with Gasteiger partial charge < -0.3 is 10.1 Å². The molecule has 4 rings (SSSR count). The number of hydrogen-bond acceptors (Lipinski definition) is 5. The maximum Gasteiger partial charge on any atom is 0.262 e. The van der Waals surface area contributed by atoms with E-state index in [9.17, 15) is 10.1 Å². The molecule has 0 saturated carbocycles. The first kappa shape index (κ1) is 23.3. The molecule has 0 aliphatic carbocycles. The van der Waals surface area contributed by atoms with Crippen molar-refractivity contribution in [2.24, 2.45) is 0 Å². The summed E-state index contributed by atoms with van der Waals surface area (Å²) >= 11 is 16.8. The fourth-order valence-corrected chi connectivity index (χ4v) is 4.67. The number of allylic oxidation sites excluding steroid dienone is 1. The largest absolute Gasteiger partial charge is 0.483 e. The molecule has 3 aromatic carbocycles. The first-order valence-electron chi connectivity index (χ1n) is 9.58. The summed E-state index contributed by atoms with van der Waals surface area (Å²) in [5, 5.41) is 13.8. The molecule has 0 aliphatic rings. The quantitative estimate of drug-likeness (QED) is 0.249. The zero-order chi connectivity index (χ0) is 23.4. The van der Waals surface area contributed by atoms with Gasteiger partial charge in [0.25, 0.3) is 5.91 Å². The highest BCUT2D eigenvalue weighted by atomic mass is 79.9. The number of nitrogens with zero attached hydrogens (tertiary/aromatic N) is 2. The third-order valence-electron chi connectivity index (χ3n) is 4.47. The molecule has 9 heteroatoms. The van der Waals surface area contributed by atoms with E-state index in [2.05, 4.69) is 32.3 Å². The number of rotatable bonds is 6. The second kappa shape index (κ2) is 10.4. The van der Waals surface area contributed by atoms with E-state index in [-0.39, 0.29) is 12.5 Å². The Labute approximate surface area is 212 Å². The van der Waals surface area contributed by atoms with Crippen molar-refractivity contribution in [3.8, 4) is 11.8 Å². The van der Waals surface area contributed by atoms with Gasteiger partial charge in [0, 0.05) is 5.69 Å². The van der Waals surface area contributed by atoms with Crippen LogP contribution in [-0.2, 0) is 4.79 Å². The van der Waals surface area contributed by atoms with Gasteiger partial charge >= 0.3 is 0 Å². The average Bonchev–Trinajstić information content (AvgIpc) is 3.23. The van der Waals surface area contributed by atoms with Gasteiger partial charge in [-0.2, -0.15) is 5.26 Å². The summed E-state index contributed by atoms with van der Waals surface area (Å²) in [5.74, 6) is 0.154. The van der Waals surface area contributed by atoms with Crippen molar-refractivity contribution in [3.05, 3.63) is 85.8 Å². The summed E-state index contributed by atoms with van der Waals surface area (Å²) in [7, 11) is 0. The van der Waals surface area contributed by atoms with E-state index in [4.69, 9.17) is 27.9 Å². The number of anilines is 1. The molecule has 1 heterocycles. The number of fused-ring (bicyclic) bond motifs is 1. The van der Waals surface area contributed by atoms with Crippen LogP contribution < -0.4 is 10.1 Å². The van der Waals surface area contributed by atoms with Gasteiger partial charge in [0.15, 0.2) is 6.61 Å². The highest BCUT2D eigenvalue weighted by molar-refractivity contribution is 9.10. The monoisotopic (exact) mass is 557 g/mol. The van der Waals surface area contributed by atoms with Gasteiger partial charge in [0.05, 0.1) is 30.3 Å². The number of thiazole rings is 1. The van der Waals surface area contributed by atoms with Crippen LogP contribution >= 0.6 is 50.5 Å². The van der Waals surface area contributed by atoms with E-state index < -0.39 is 0 Å². The highest BCUT2D eigenvalue weighted by Gasteiger charge is 2.11. The summed E-state index contributed by atoms with van der Waals surface area (Å²) in [6.07, 6.45) is 1.77. The maximum atomic E-state index is 12.2. The molecule has 1 aromatic heterocycles. The SMILES string of the molecule is N#C/C(=C\c1ccc(OCC(=O)Nc2ccc(Cl)c(Cl)c2)c(Br)c1)c1nc2ccccc2s1. The lowest BCUT2D eigenvalue weighted by Crippen LogP contribution is -2.20. The molecule has 1 amide bonds. The van der Waals surface area contributed by atoms with Gasteiger partial charge in [0.1, 0.15) is 16.8 Å². The third kappa shape index (κ3) is 5.73. The average molecular weight is 559 g/mol. The number of amides is 1. The lowest BCUT2D eigenvalue weighted by molar-refractivity contribution is -0.118. The second-order valence-electron chi connectivity index (χ2n) is 6.81. The molecule has 0 unspecified atom stereocenters.